The van der Waals surface area contributed by atoms with Crippen molar-refractivity contribution in [1.29, 1.82) is 0 Å². The molecule has 5 nitrogen and oxygen atoms in total. The number of ether oxygens (including phenoxy) is 2. The zero-order valence-corrected chi connectivity index (χ0v) is 12.7. The number of rotatable bonds is 3. The Bertz CT molecular complexity index is 940. The summed E-state index contributed by atoms with van der Waals surface area (Å²) >= 11 is 0. The predicted octanol–water partition coefficient (Wildman–Crippen LogP) is 3.26. The fourth-order valence-electron chi connectivity index (χ4n) is 2.44. The van der Waals surface area contributed by atoms with Crippen LogP contribution in [0, 0.1) is 0 Å². The van der Waals surface area contributed by atoms with Crippen molar-refractivity contribution in [2.24, 2.45) is 0 Å². The van der Waals surface area contributed by atoms with E-state index in [4.69, 9.17) is 13.9 Å². The van der Waals surface area contributed by atoms with Crippen LogP contribution >= 0.6 is 0 Å². The van der Waals surface area contributed by atoms with Crippen molar-refractivity contribution < 1.29 is 18.7 Å². The fraction of sp³-hybridized carbons (Fsp3) is 0.111. The van der Waals surface area contributed by atoms with E-state index in [1.54, 1.807) is 37.4 Å². The van der Waals surface area contributed by atoms with Crippen LogP contribution in [0.3, 0.4) is 0 Å². The van der Waals surface area contributed by atoms with Gasteiger partial charge in [-0.25, -0.2) is 9.59 Å². The summed E-state index contributed by atoms with van der Waals surface area (Å²) in [6.45, 7) is 0. The van der Waals surface area contributed by atoms with Crippen molar-refractivity contribution in [3.05, 3.63) is 64.5 Å². The highest BCUT2D eigenvalue weighted by Crippen LogP contribution is 2.30. The molecule has 0 amide bonds. The van der Waals surface area contributed by atoms with E-state index in [1.165, 1.54) is 13.2 Å². The topological polar surface area (TPSA) is 65.7 Å². The van der Waals surface area contributed by atoms with Crippen molar-refractivity contribution in [2.45, 2.75) is 0 Å². The maximum atomic E-state index is 11.9. The predicted molar refractivity (Wildman–Crippen MR) is 85.8 cm³/mol. The number of benzene rings is 2. The molecule has 3 aromatic rings. The molecule has 0 spiro atoms. The summed E-state index contributed by atoms with van der Waals surface area (Å²) < 4.78 is 15.1. The summed E-state index contributed by atoms with van der Waals surface area (Å²) in [5, 5.41) is 0.757. The van der Waals surface area contributed by atoms with Crippen molar-refractivity contribution in [2.75, 3.05) is 14.2 Å². The molecule has 0 aliphatic rings. The Morgan fingerprint density at radius 2 is 1.87 bits per heavy atom. The Morgan fingerprint density at radius 1 is 1.04 bits per heavy atom. The van der Waals surface area contributed by atoms with Gasteiger partial charge in [0.2, 0.25) is 0 Å². The Morgan fingerprint density at radius 3 is 2.61 bits per heavy atom. The van der Waals surface area contributed by atoms with E-state index in [0.29, 0.717) is 22.5 Å². The number of carbonyl (C=O) groups excluding carboxylic acids is 1. The number of hydrogen-bond donors (Lipinski definition) is 0. The van der Waals surface area contributed by atoms with Gasteiger partial charge in [0, 0.05) is 17.5 Å². The highest BCUT2D eigenvalue weighted by Gasteiger charge is 2.11. The average Bonchev–Trinajstić information content (AvgIpc) is 2.59. The molecule has 0 fully saturated rings. The van der Waals surface area contributed by atoms with E-state index >= 15 is 0 Å². The Labute approximate surface area is 132 Å². The normalized spacial score (nSPS) is 10.5. The molecule has 23 heavy (non-hydrogen) atoms. The standard InChI is InChI=1S/C18H14O5/c1-21-13-6-7-14-15(10-17(19)23-16(14)9-13)11-4-3-5-12(8-11)18(20)22-2/h3-10H,1-2H3. The molecular weight excluding hydrogens is 296 g/mol. The van der Waals surface area contributed by atoms with E-state index in [0.717, 1.165) is 10.9 Å². The second kappa shape index (κ2) is 5.96. The highest BCUT2D eigenvalue weighted by atomic mass is 16.5. The van der Waals surface area contributed by atoms with Crippen LogP contribution in [0.2, 0.25) is 0 Å². The lowest BCUT2D eigenvalue weighted by Gasteiger charge is -2.08. The number of esters is 1. The monoisotopic (exact) mass is 310 g/mol. The summed E-state index contributed by atoms with van der Waals surface area (Å²) in [4.78, 5) is 23.5. The molecule has 0 saturated heterocycles. The van der Waals surface area contributed by atoms with E-state index in [-0.39, 0.29) is 0 Å². The molecule has 0 aliphatic heterocycles. The molecular formula is C18H14O5. The van der Waals surface area contributed by atoms with Crippen molar-refractivity contribution >= 4 is 16.9 Å². The highest BCUT2D eigenvalue weighted by molar-refractivity contribution is 5.96. The van der Waals surface area contributed by atoms with E-state index in [9.17, 15) is 9.59 Å². The van der Waals surface area contributed by atoms with Gasteiger partial charge in [-0.15, -0.1) is 0 Å². The number of hydrogen-bond acceptors (Lipinski definition) is 5. The molecule has 1 aromatic heterocycles. The van der Waals surface area contributed by atoms with E-state index in [2.05, 4.69) is 0 Å². The van der Waals surface area contributed by atoms with Gasteiger partial charge in [-0.1, -0.05) is 12.1 Å². The van der Waals surface area contributed by atoms with Crippen LogP contribution < -0.4 is 10.4 Å². The molecule has 3 rings (SSSR count). The van der Waals surface area contributed by atoms with Crippen LogP contribution in [-0.4, -0.2) is 20.2 Å². The third-order valence-electron chi connectivity index (χ3n) is 3.55. The van der Waals surface area contributed by atoms with E-state index in [1.807, 2.05) is 12.1 Å². The van der Waals surface area contributed by atoms with Gasteiger partial charge in [-0.2, -0.15) is 0 Å². The third-order valence-corrected chi connectivity index (χ3v) is 3.55. The second-order valence-electron chi connectivity index (χ2n) is 4.91. The number of fused-ring (bicyclic) bond motifs is 1. The van der Waals surface area contributed by atoms with Crippen molar-refractivity contribution in [1.82, 2.24) is 0 Å². The van der Waals surface area contributed by atoms with Gasteiger partial charge >= 0.3 is 11.6 Å². The lowest BCUT2D eigenvalue weighted by Crippen LogP contribution is -2.02. The summed E-state index contributed by atoms with van der Waals surface area (Å²) in [5.74, 6) is 0.168. The van der Waals surface area contributed by atoms with Crippen LogP contribution in [0.25, 0.3) is 22.1 Å². The maximum absolute atomic E-state index is 11.9. The van der Waals surface area contributed by atoms with Gasteiger partial charge < -0.3 is 13.9 Å². The lowest BCUT2D eigenvalue weighted by atomic mass is 10.00. The SMILES string of the molecule is COC(=O)c1cccc(-c2cc(=O)oc3cc(OC)ccc23)c1. The Kier molecular flexibility index (Phi) is 3.85. The first-order chi connectivity index (χ1) is 11.1. The molecule has 0 N–H and O–H groups in total. The summed E-state index contributed by atoms with van der Waals surface area (Å²) in [6.07, 6.45) is 0. The molecule has 5 heteroatoms. The molecule has 0 saturated carbocycles. The summed E-state index contributed by atoms with van der Waals surface area (Å²) in [7, 11) is 2.87. The average molecular weight is 310 g/mol. The molecule has 0 radical (unpaired) electrons. The molecule has 0 unspecified atom stereocenters. The van der Waals surface area contributed by atoms with E-state index < -0.39 is 11.6 Å². The summed E-state index contributed by atoms with van der Waals surface area (Å²) in [6, 6.07) is 13.6. The third kappa shape index (κ3) is 2.81. The minimum absolute atomic E-state index is 0.417. The Hall–Kier alpha value is -3.08. The van der Waals surface area contributed by atoms with Crippen LogP contribution in [-0.2, 0) is 4.74 Å². The summed E-state index contributed by atoms with van der Waals surface area (Å²) in [5.41, 5.74) is 1.79. The van der Waals surface area contributed by atoms with Gasteiger partial charge in [-0.05, 0) is 35.4 Å². The molecule has 0 aliphatic carbocycles. The van der Waals surface area contributed by atoms with Crippen LogP contribution in [0.1, 0.15) is 10.4 Å². The largest absolute Gasteiger partial charge is 0.497 e. The minimum atomic E-state index is -0.468. The molecule has 116 valence electrons. The van der Waals surface area contributed by atoms with Crippen LogP contribution in [0.15, 0.2) is 57.7 Å². The first kappa shape index (κ1) is 14.8. The zero-order chi connectivity index (χ0) is 16.4. The fourth-order valence-corrected chi connectivity index (χ4v) is 2.44. The molecule has 2 aromatic carbocycles. The van der Waals surface area contributed by atoms with Crippen LogP contribution in [0.5, 0.6) is 5.75 Å². The first-order valence-electron chi connectivity index (χ1n) is 6.93. The van der Waals surface area contributed by atoms with Crippen molar-refractivity contribution in [3.8, 4) is 16.9 Å². The van der Waals surface area contributed by atoms with Crippen LogP contribution in [0.4, 0.5) is 0 Å². The quantitative estimate of drug-likeness (QED) is 0.549. The van der Waals surface area contributed by atoms with Gasteiger partial charge in [0.25, 0.3) is 0 Å². The smallest absolute Gasteiger partial charge is 0.337 e. The molecule has 0 atom stereocenters. The van der Waals surface area contributed by atoms with Gasteiger partial charge in [0.15, 0.2) is 0 Å². The zero-order valence-electron chi connectivity index (χ0n) is 12.7. The van der Waals surface area contributed by atoms with Gasteiger partial charge in [0.1, 0.15) is 11.3 Å². The second-order valence-corrected chi connectivity index (χ2v) is 4.91. The lowest BCUT2D eigenvalue weighted by molar-refractivity contribution is 0.0601. The maximum Gasteiger partial charge on any atom is 0.337 e. The van der Waals surface area contributed by atoms with Gasteiger partial charge in [0.05, 0.1) is 19.8 Å². The molecule has 0 bridgehead atoms. The minimum Gasteiger partial charge on any atom is -0.497 e. The Balaban J connectivity index is 2.23. The number of carbonyl (C=O) groups is 1. The first-order valence-corrected chi connectivity index (χ1v) is 6.93. The van der Waals surface area contributed by atoms with Crippen molar-refractivity contribution in [3.63, 3.8) is 0 Å². The number of methoxy groups -OCH3 is 2. The van der Waals surface area contributed by atoms with Gasteiger partial charge in [-0.3, -0.25) is 0 Å². The molecule has 1 heterocycles.